The Morgan fingerprint density at radius 2 is 1.81 bits per heavy atom. The zero-order valence-corrected chi connectivity index (χ0v) is 19.4. The molecule has 31 heavy (non-hydrogen) atoms. The Bertz CT molecular complexity index is 960. The average molecular weight is 438 g/mol. The van der Waals surface area contributed by atoms with E-state index in [1.54, 1.807) is 6.08 Å². The number of thioether (sulfide) groups is 1. The predicted octanol–water partition coefficient (Wildman–Crippen LogP) is 5.57. The lowest BCUT2D eigenvalue weighted by Crippen LogP contribution is -2.23. The van der Waals surface area contributed by atoms with Gasteiger partial charge in [-0.3, -0.25) is 4.79 Å². The van der Waals surface area contributed by atoms with Crippen LogP contribution in [0.5, 0.6) is 11.5 Å². The number of nitrogens with one attached hydrogen (secondary N) is 1. The summed E-state index contributed by atoms with van der Waals surface area (Å²) in [5.41, 5.74) is 5.09. The molecule has 2 aromatic rings. The first kappa shape index (κ1) is 21.8. The lowest BCUT2D eigenvalue weighted by molar-refractivity contribution is -0.115. The van der Waals surface area contributed by atoms with Crippen LogP contribution < -0.4 is 14.8 Å². The van der Waals surface area contributed by atoms with Gasteiger partial charge in [0.15, 0.2) is 17.3 Å². The van der Waals surface area contributed by atoms with Crippen molar-refractivity contribution >= 4 is 17.5 Å². The van der Waals surface area contributed by atoms with E-state index in [0.29, 0.717) is 6.42 Å². The molecule has 1 heterocycles. The lowest BCUT2D eigenvalue weighted by atomic mass is 9.85. The lowest BCUT2D eigenvalue weighted by Gasteiger charge is -2.23. The number of benzene rings is 2. The van der Waals surface area contributed by atoms with Crippen LogP contribution in [0.2, 0.25) is 0 Å². The van der Waals surface area contributed by atoms with Crippen molar-refractivity contribution in [3.63, 3.8) is 0 Å². The van der Waals surface area contributed by atoms with E-state index in [4.69, 9.17) is 9.47 Å². The molecular weight excluding hydrogens is 406 g/mol. The van der Waals surface area contributed by atoms with Crippen LogP contribution >= 0.6 is 11.8 Å². The summed E-state index contributed by atoms with van der Waals surface area (Å²) in [5, 5.41) is 3.48. The maximum Gasteiger partial charge on any atom is 0.231 e. The third-order valence-corrected chi connectivity index (χ3v) is 6.83. The molecule has 0 spiro atoms. The second-order valence-corrected chi connectivity index (χ2v) is 10.4. The molecule has 0 radical (unpaired) electrons. The van der Waals surface area contributed by atoms with Crippen molar-refractivity contribution in [2.75, 3.05) is 19.1 Å². The zero-order valence-electron chi connectivity index (χ0n) is 18.6. The van der Waals surface area contributed by atoms with Gasteiger partial charge in [0, 0.05) is 36.2 Å². The summed E-state index contributed by atoms with van der Waals surface area (Å²) in [7, 11) is 0. The number of allylic oxidation sites excluding steroid dienone is 2. The molecule has 2 aliphatic rings. The van der Waals surface area contributed by atoms with Crippen molar-refractivity contribution in [1.82, 2.24) is 5.32 Å². The predicted molar refractivity (Wildman–Crippen MR) is 127 cm³/mol. The highest BCUT2D eigenvalue weighted by Crippen LogP contribution is 2.38. The van der Waals surface area contributed by atoms with E-state index < -0.39 is 0 Å². The first-order valence-electron chi connectivity index (χ1n) is 10.9. The minimum Gasteiger partial charge on any atom is -0.454 e. The van der Waals surface area contributed by atoms with Crippen molar-refractivity contribution in [3.8, 4) is 11.5 Å². The third kappa shape index (κ3) is 5.65. The van der Waals surface area contributed by atoms with Crippen LogP contribution in [-0.4, -0.2) is 24.9 Å². The van der Waals surface area contributed by atoms with Gasteiger partial charge in [0.25, 0.3) is 0 Å². The smallest absolute Gasteiger partial charge is 0.231 e. The minimum atomic E-state index is 0.183. The molecule has 0 amide bonds. The summed E-state index contributed by atoms with van der Waals surface area (Å²) in [6, 6.07) is 15.0. The van der Waals surface area contributed by atoms with Crippen LogP contribution in [0.15, 0.2) is 54.2 Å². The highest BCUT2D eigenvalue weighted by Gasteiger charge is 2.24. The number of ketones is 1. The molecule has 4 rings (SSSR count). The molecule has 1 aliphatic carbocycles. The van der Waals surface area contributed by atoms with E-state index >= 15 is 0 Å². The van der Waals surface area contributed by atoms with E-state index in [0.717, 1.165) is 47.2 Å². The first-order chi connectivity index (χ1) is 14.9. The Labute approximate surface area is 189 Å². The molecule has 1 N–H and O–H groups in total. The maximum absolute atomic E-state index is 12.3. The standard InChI is InChI=1S/C26H31NO3S/c1-26(2,3)21-7-4-18(5-8-21)16-31-11-10-27-22-12-20(13-23(28)15-22)19-6-9-24-25(14-19)30-17-29-24/h4-9,14-15,20,27H,10-13,16-17H2,1-3H3/t20-/m0/s1. The van der Waals surface area contributed by atoms with Crippen LogP contribution in [0.4, 0.5) is 0 Å². The van der Waals surface area contributed by atoms with E-state index in [-0.39, 0.29) is 23.9 Å². The SMILES string of the molecule is CC(C)(C)c1ccc(CSCCNC2=CC(=O)C[C@@H](c3ccc4c(c3)OCO4)C2)cc1. The molecular formula is C26H31NO3S. The molecule has 0 saturated heterocycles. The topological polar surface area (TPSA) is 47.6 Å². The molecule has 4 nitrogen and oxygen atoms in total. The average Bonchev–Trinajstić information content (AvgIpc) is 3.21. The Morgan fingerprint density at radius 3 is 2.58 bits per heavy atom. The number of fused-ring (bicyclic) bond motifs is 1. The van der Waals surface area contributed by atoms with Crippen LogP contribution in [0.25, 0.3) is 0 Å². The van der Waals surface area contributed by atoms with E-state index in [1.165, 1.54) is 11.1 Å². The number of hydrogen-bond donors (Lipinski definition) is 1. The van der Waals surface area contributed by atoms with Crippen molar-refractivity contribution in [2.45, 2.75) is 50.7 Å². The summed E-state index contributed by atoms with van der Waals surface area (Å²) in [5.74, 6) is 3.93. The Kier molecular flexibility index (Phi) is 6.61. The fraction of sp³-hybridized carbons (Fsp3) is 0.423. The van der Waals surface area contributed by atoms with E-state index in [2.05, 4.69) is 56.4 Å². The molecule has 1 atom stereocenters. The molecule has 164 valence electrons. The first-order valence-corrected chi connectivity index (χ1v) is 12.1. The summed E-state index contributed by atoms with van der Waals surface area (Å²) < 4.78 is 10.9. The van der Waals surface area contributed by atoms with Gasteiger partial charge in [0.05, 0.1) is 0 Å². The van der Waals surface area contributed by atoms with E-state index in [9.17, 15) is 4.79 Å². The number of hydrogen-bond acceptors (Lipinski definition) is 5. The van der Waals surface area contributed by atoms with Crippen LogP contribution in [-0.2, 0) is 16.0 Å². The molecule has 0 bridgehead atoms. The highest BCUT2D eigenvalue weighted by atomic mass is 32.2. The van der Waals surface area contributed by atoms with Gasteiger partial charge in [-0.05, 0) is 46.6 Å². The minimum absolute atomic E-state index is 0.183. The summed E-state index contributed by atoms with van der Waals surface area (Å²) in [6.45, 7) is 7.85. The van der Waals surface area contributed by atoms with Crippen molar-refractivity contribution < 1.29 is 14.3 Å². The summed E-state index contributed by atoms with van der Waals surface area (Å²) in [4.78, 5) is 12.3. The molecule has 1 aliphatic heterocycles. The van der Waals surface area contributed by atoms with Crippen molar-refractivity contribution in [3.05, 3.63) is 70.9 Å². The highest BCUT2D eigenvalue weighted by molar-refractivity contribution is 7.98. The Balaban J connectivity index is 1.24. The molecule has 2 aromatic carbocycles. The van der Waals surface area contributed by atoms with Gasteiger partial charge in [-0.2, -0.15) is 11.8 Å². The molecule has 0 aromatic heterocycles. The van der Waals surface area contributed by atoms with Gasteiger partial charge in [0.1, 0.15) is 0 Å². The van der Waals surface area contributed by atoms with Gasteiger partial charge in [0.2, 0.25) is 6.79 Å². The maximum atomic E-state index is 12.3. The zero-order chi connectivity index (χ0) is 21.8. The summed E-state index contributed by atoms with van der Waals surface area (Å²) >= 11 is 1.91. The molecule has 0 saturated carbocycles. The fourth-order valence-electron chi connectivity index (χ4n) is 3.99. The molecule has 5 heteroatoms. The summed E-state index contributed by atoms with van der Waals surface area (Å²) in [6.07, 6.45) is 3.17. The normalized spacial score (nSPS) is 18.1. The van der Waals surface area contributed by atoms with Gasteiger partial charge in [-0.15, -0.1) is 0 Å². The third-order valence-electron chi connectivity index (χ3n) is 5.80. The quantitative estimate of drug-likeness (QED) is 0.574. The van der Waals surface area contributed by atoms with Crippen LogP contribution in [0.1, 0.15) is 56.2 Å². The second kappa shape index (κ2) is 9.39. The van der Waals surface area contributed by atoms with E-state index in [1.807, 2.05) is 23.9 Å². The monoisotopic (exact) mass is 437 g/mol. The van der Waals surface area contributed by atoms with Gasteiger partial charge in [-0.1, -0.05) is 51.1 Å². The fourth-order valence-corrected chi connectivity index (χ4v) is 4.81. The molecule has 0 unspecified atom stereocenters. The number of rotatable bonds is 7. The Morgan fingerprint density at radius 1 is 1.03 bits per heavy atom. The number of carbonyl (C=O) groups excluding carboxylic acids is 1. The number of ether oxygens (including phenoxy) is 2. The van der Waals surface area contributed by atoms with Gasteiger partial charge in [-0.25, -0.2) is 0 Å². The largest absolute Gasteiger partial charge is 0.454 e. The second-order valence-electron chi connectivity index (χ2n) is 9.28. The van der Waals surface area contributed by atoms with Crippen LogP contribution in [0.3, 0.4) is 0 Å². The van der Waals surface area contributed by atoms with Gasteiger partial charge >= 0.3 is 0 Å². The van der Waals surface area contributed by atoms with Crippen molar-refractivity contribution in [2.24, 2.45) is 0 Å². The van der Waals surface area contributed by atoms with Gasteiger partial charge < -0.3 is 14.8 Å². The number of carbonyl (C=O) groups is 1. The van der Waals surface area contributed by atoms with Crippen molar-refractivity contribution in [1.29, 1.82) is 0 Å². The molecule has 0 fully saturated rings. The van der Waals surface area contributed by atoms with Crippen LogP contribution in [0, 0.1) is 0 Å². The Hall–Kier alpha value is -2.40.